The number of hydrogen-bond donors (Lipinski definition) is 2. The molecule has 0 rings (SSSR count). The van der Waals surface area contributed by atoms with Crippen molar-refractivity contribution >= 4 is 25.9 Å². The maximum atomic E-state index is 11.9. The van der Waals surface area contributed by atoms with Crippen LogP contribution in [-0.4, -0.2) is 55.9 Å². The second-order valence-electron chi connectivity index (χ2n) is 3.68. The lowest BCUT2D eigenvalue weighted by atomic mass is 10.5. The van der Waals surface area contributed by atoms with Crippen LogP contribution in [0.25, 0.3) is 0 Å². The number of carbonyl (C=O) groups excluding carboxylic acids is 3. The van der Waals surface area contributed by atoms with E-state index in [4.69, 9.17) is 4.52 Å². The fraction of sp³-hybridized carbons (Fsp3) is 0.700. The van der Waals surface area contributed by atoms with Crippen LogP contribution in [-0.2, 0) is 18.9 Å². The molecule has 0 bridgehead atoms. The third-order valence-electron chi connectivity index (χ3n) is 2.06. The Kier molecular flexibility index (Phi) is 8.24. The molecule has 104 valence electrons. The molecule has 0 saturated heterocycles. The lowest BCUT2D eigenvalue weighted by Gasteiger charge is -2.24. The minimum atomic E-state index is -0.819. The Labute approximate surface area is 108 Å². The molecule has 0 spiro atoms. The molecule has 0 aliphatic rings. The summed E-state index contributed by atoms with van der Waals surface area (Å²) in [5.74, 6) is -0.643. The van der Waals surface area contributed by atoms with Crippen LogP contribution in [0.5, 0.6) is 0 Å². The van der Waals surface area contributed by atoms with Crippen LogP contribution >= 0.6 is 8.15 Å². The molecule has 0 aromatic heterocycles. The summed E-state index contributed by atoms with van der Waals surface area (Å²) in [6.45, 7) is 4.71. The maximum Gasteiger partial charge on any atom is 0.231 e. The summed E-state index contributed by atoms with van der Waals surface area (Å²) in [4.78, 5) is 34.9. The highest BCUT2D eigenvalue weighted by Gasteiger charge is 2.16. The van der Waals surface area contributed by atoms with Crippen molar-refractivity contribution in [3.8, 4) is 0 Å². The average molecular weight is 277 g/mol. The van der Waals surface area contributed by atoms with Gasteiger partial charge in [0.2, 0.25) is 17.7 Å². The summed E-state index contributed by atoms with van der Waals surface area (Å²) in [7, 11) is 0.728. The van der Waals surface area contributed by atoms with Crippen LogP contribution in [0.1, 0.15) is 13.8 Å². The molecule has 3 amide bonds. The van der Waals surface area contributed by atoms with E-state index in [9.17, 15) is 14.4 Å². The second-order valence-corrected chi connectivity index (χ2v) is 5.62. The van der Waals surface area contributed by atoms with Gasteiger partial charge in [-0.15, -0.1) is 0 Å². The number of hydrogen-bond acceptors (Lipinski definition) is 4. The molecule has 18 heavy (non-hydrogen) atoms. The van der Waals surface area contributed by atoms with E-state index in [1.807, 2.05) is 6.66 Å². The quantitative estimate of drug-likeness (QED) is 0.493. The predicted octanol–water partition coefficient (Wildman–Crippen LogP) is -0.325. The van der Waals surface area contributed by atoms with Crippen LogP contribution in [0.3, 0.4) is 0 Å². The molecule has 1 unspecified atom stereocenters. The van der Waals surface area contributed by atoms with E-state index in [0.29, 0.717) is 0 Å². The topological polar surface area (TPSA) is 87.7 Å². The Hall–Kier alpha value is -1.20. The van der Waals surface area contributed by atoms with Crippen molar-refractivity contribution in [3.63, 3.8) is 0 Å². The highest BCUT2D eigenvalue weighted by Crippen LogP contribution is 2.30. The van der Waals surface area contributed by atoms with Gasteiger partial charge in [-0.3, -0.25) is 14.4 Å². The van der Waals surface area contributed by atoms with E-state index in [1.165, 1.54) is 18.7 Å². The molecule has 0 fully saturated rings. The molecule has 7 nitrogen and oxygen atoms in total. The van der Waals surface area contributed by atoms with Gasteiger partial charge in [0.05, 0.1) is 19.5 Å². The van der Waals surface area contributed by atoms with Crippen molar-refractivity contribution in [1.82, 2.24) is 15.5 Å². The van der Waals surface area contributed by atoms with Gasteiger partial charge in [-0.05, 0) is 6.66 Å². The molecule has 0 aliphatic carbocycles. The van der Waals surface area contributed by atoms with Gasteiger partial charge < -0.3 is 20.1 Å². The number of carbonyl (C=O) groups is 3. The van der Waals surface area contributed by atoms with E-state index < -0.39 is 8.15 Å². The zero-order valence-electron chi connectivity index (χ0n) is 11.1. The molecule has 0 aromatic rings. The summed E-state index contributed by atoms with van der Waals surface area (Å²) >= 11 is 0. The largest absolute Gasteiger partial charge is 0.362 e. The molecule has 0 radical (unpaired) electrons. The lowest BCUT2D eigenvalue weighted by Crippen LogP contribution is -2.47. The molecule has 2 N–H and O–H groups in total. The number of nitrogens with zero attached hydrogens (tertiary/aromatic N) is 1. The van der Waals surface area contributed by atoms with E-state index >= 15 is 0 Å². The molecule has 0 aromatic carbocycles. The first kappa shape index (κ1) is 16.8. The van der Waals surface area contributed by atoms with Gasteiger partial charge in [-0.25, -0.2) is 0 Å². The van der Waals surface area contributed by atoms with E-state index in [0.717, 1.165) is 0 Å². The van der Waals surface area contributed by atoms with Crippen LogP contribution < -0.4 is 10.6 Å². The van der Waals surface area contributed by atoms with Crippen molar-refractivity contribution in [2.75, 3.05) is 33.3 Å². The molecule has 1 atom stereocenters. The Morgan fingerprint density at radius 2 is 1.56 bits per heavy atom. The van der Waals surface area contributed by atoms with E-state index in [2.05, 4.69) is 10.6 Å². The third kappa shape index (κ3) is 7.97. The Morgan fingerprint density at radius 1 is 1.11 bits per heavy atom. The van der Waals surface area contributed by atoms with Crippen molar-refractivity contribution < 1.29 is 18.9 Å². The zero-order chi connectivity index (χ0) is 14.1. The Morgan fingerprint density at radius 3 is 1.89 bits per heavy atom. The van der Waals surface area contributed by atoms with Crippen LogP contribution in [0.2, 0.25) is 0 Å². The summed E-state index contributed by atoms with van der Waals surface area (Å²) in [6, 6.07) is 0. The monoisotopic (exact) mass is 277 g/mol. The molecular weight excluding hydrogens is 257 g/mol. The molecule has 8 heteroatoms. The first-order chi connectivity index (χ1) is 8.36. The maximum absolute atomic E-state index is 11.9. The van der Waals surface area contributed by atoms with E-state index in [-0.39, 0.29) is 37.2 Å². The highest BCUT2D eigenvalue weighted by molar-refractivity contribution is 7.52. The predicted molar refractivity (Wildman–Crippen MR) is 68.9 cm³/mol. The van der Waals surface area contributed by atoms with Gasteiger partial charge in [-0.2, -0.15) is 0 Å². The van der Waals surface area contributed by atoms with Crippen molar-refractivity contribution in [2.45, 2.75) is 13.8 Å². The summed E-state index contributed by atoms with van der Waals surface area (Å²) < 4.78 is 5.06. The Balaban J connectivity index is 4.37. The van der Waals surface area contributed by atoms with Gasteiger partial charge >= 0.3 is 0 Å². The first-order valence-corrected chi connectivity index (χ1v) is 7.28. The van der Waals surface area contributed by atoms with Gasteiger partial charge in [0.15, 0.2) is 0 Å². The lowest BCUT2D eigenvalue weighted by molar-refractivity contribution is -0.131. The molecule has 0 aliphatic heterocycles. The highest BCUT2D eigenvalue weighted by atomic mass is 31.1. The zero-order valence-corrected chi connectivity index (χ0v) is 12.0. The molecule has 0 heterocycles. The van der Waals surface area contributed by atoms with Gasteiger partial charge in [0.1, 0.15) is 0 Å². The Bertz CT molecular complexity index is 293. The van der Waals surface area contributed by atoms with E-state index in [1.54, 1.807) is 7.11 Å². The normalized spacial score (nSPS) is 11.6. The minimum Gasteiger partial charge on any atom is -0.362 e. The smallest absolute Gasteiger partial charge is 0.231 e. The van der Waals surface area contributed by atoms with Gasteiger partial charge in [0.25, 0.3) is 0 Å². The third-order valence-corrected chi connectivity index (χ3v) is 3.40. The average Bonchev–Trinajstić information content (AvgIpc) is 2.27. The summed E-state index contributed by atoms with van der Waals surface area (Å²) in [5.41, 5.74) is 0. The minimum absolute atomic E-state index is 0.0708. The fourth-order valence-corrected chi connectivity index (χ4v) is 1.71. The second kappa shape index (κ2) is 8.83. The van der Waals surface area contributed by atoms with Crippen LogP contribution in [0.4, 0.5) is 0 Å². The summed E-state index contributed by atoms with van der Waals surface area (Å²) in [5, 5.41) is 5.05. The molecule has 0 saturated carbocycles. The van der Waals surface area contributed by atoms with Gasteiger partial charge in [-0.1, -0.05) is 0 Å². The van der Waals surface area contributed by atoms with Crippen LogP contribution in [0.15, 0.2) is 0 Å². The van der Waals surface area contributed by atoms with Crippen molar-refractivity contribution in [2.24, 2.45) is 0 Å². The number of amides is 3. The van der Waals surface area contributed by atoms with Crippen molar-refractivity contribution in [1.29, 1.82) is 0 Å². The summed E-state index contributed by atoms with van der Waals surface area (Å²) in [6.07, 6.45) is 0.255. The fourth-order valence-electron chi connectivity index (χ4n) is 1.00. The standard InChI is InChI=1S/C10H20N3O4P/c1-8(14)11-6-13(7-12-9(2)15)10(16)5-18(4)17-3/h5-7H2,1-4H3,(H,11,14)(H,12,15). The number of rotatable bonds is 7. The number of nitrogens with one attached hydrogen (secondary N) is 2. The SMILES string of the molecule is COP(C)CC(=O)N(CNC(C)=O)CNC(C)=O. The molecular formula is C10H20N3O4P. The van der Waals surface area contributed by atoms with Crippen LogP contribution in [0, 0.1) is 0 Å². The first-order valence-electron chi connectivity index (χ1n) is 5.38. The van der Waals surface area contributed by atoms with Crippen molar-refractivity contribution in [3.05, 3.63) is 0 Å². The van der Waals surface area contributed by atoms with Gasteiger partial charge in [0, 0.05) is 29.1 Å².